The summed E-state index contributed by atoms with van der Waals surface area (Å²) in [5, 5.41) is 4.13. The largest absolute Gasteiger partial charge is 0.379 e. The molecule has 3 rings (SSSR count). The van der Waals surface area contributed by atoms with Crippen LogP contribution in [-0.2, 0) is 11.3 Å². The Balaban J connectivity index is 1.54. The molecule has 2 atom stereocenters. The van der Waals surface area contributed by atoms with E-state index in [0.29, 0.717) is 11.2 Å². The summed E-state index contributed by atoms with van der Waals surface area (Å²) in [5.74, 6) is 1.62. The summed E-state index contributed by atoms with van der Waals surface area (Å²) in [6, 6.07) is 4.37. The maximum absolute atomic E-state index is 5.76. The van der Waals surface area contributed by atoms with Crippen LogP contribution in [0.1, 0.15) is 18.4 Å². The minimum absolute atomic E-state index is 0.512. The molecule has 0 aromatic carbocycles. The summed E-state index contributed by atoms with van der Waals surface area (Å²) >= 11 is 5.76. The van der Waals surface area contributed by atoms with Gasteiger partial charge in [-0.15, -0.1) is 0 Å². The number of nitrogens with zero attached hydrogens (tertiary/aromatic N) is 1. The summed E-state index contributed by atoms with van der Waals surface area (Å²) < 4.78 is 5.58. The molecule has 1 aromatic rings. The maximum atomic E-state index is 5.76. The Morgan fingerprint density at radius 2 is 2.24 bits per heavy atom. The predicted octanol–water partition coefficient (Wildman–Crippen LogP) is 2.25. The van der Waals surface area contributed by atoms with Crippen LogP contribution in [0.5, 0.6) is 0 Å². The van der Waals surface area contributed by atoms with Crippen molar-refractivity contribution in [3.63, 3.8) is 0 Å². The summed E-state index contributed by atoms with van der Waals surface area (Å²) in [4.78, 5) is 4.09. The number of halogens is 1. The fourth-order valence-corrected chi connectivity index (χ4v) is 2.64. The Labute approximate surface area is 107 Å². The average molecular weight is 253 g/mol. The molecule has 1 aromatic heterocycles. The molecule has 4 heteroatoms. The van der Waals surface area contributed by atoms with Crippen molar-refractivity contribution in [1.29, 1.82) is 0 Å². The smallest absolute Gasteiger partial charge is 0.129 e. The molecule has 0 spiro atoms. The third kappa shape index (κ3) is 2.79. The third-order valence-corrected chi connectivity index (χ3v) is 3.93. The first-order valence-electron chi connectivity index (χ1n) is 6.24. The van der Waals surface area contributed by atoms with Gasteiger partial charge in [0.2, 0.25) is 0 Å². The average Bonchev–Trinajstić information content (AvgIpc) is 3.08. The molecule has 17 heavy (non-hydrogen) atoms. The molecule has 2 heterocycles. The van der Waals surface area contributed by atoms with Gasteiger partial charge in [-0.25, -0.2) is 4.98 Å². The molecule has 92 valence electrons. The van der Waals surface area contributed by atoms with E-state index < -0.39 is 0 Å². The van der Waals surface area contributed by atoms with Crippen molar-refractivity contribution in [1.82, 2.24) is 10.3 Å². The number of hydrogen-bond acceptors (Lipinski definition) is 3. The highest BCUT2D eigenvalue weighted by Crippen LogP contribution is 2.40. The van der Waals surface area contributed by atoms with E-state index in [1.54, 1.807) is 0 Å². The van der Waals surface area contributed by atoms with Crippen molar-refractivity contribution in [2.75, 3.05) is 13.2 Å². The number of aromatic nitrogens is 1. The van der Waals surface area contributed by atoms with Gasteiger partial charge in [0.15, 0.2) is 0 Å². The molecule has 1 saturated carbocycles. The maximum Gasteiger partial charge on any atom is 0.129 e. The second-order valence-corrected chi connectivity index (χ2v) is 5.40. The molecule has 0 bridgehead atoms. The van der Waals surface area contributed by atoms with Crippen molar-refractivity contribution in [3.8, 4) is 0 Å². The number of rotatable bonds is 4. The van der Waals surface area contributed by atoms with Crippen molar-refractivity contribution >= 4 is 11.6 Å². The molecule has 1 aliphatic carbocycles. The Bertz CT molecular complexity index is 378. The van der Waals surface area contributed by atoms with E-state index in [4.69, 9.17) is 16.3 Å². The first kappa shape index (κ1) is 11.5. The topological polar surface area (TPSA) is 34.1 Å². The number of hydrogen-bond donors (Lipinski definition) is 1. The number of ether oxygens (including phenoxy) is 1. The van der Waals surface area contributed by atoms with Gasteiger partial charge in [-0.2, -0.15) is 0 Å². The third-order valence-electron chi connectivity index (χ3n) is 3.71. The predicted molar refractivity (Wildman–Crippen MR) is 66.9 cm³/mol. The lowest BCUT2D eigenvalue weighted by Crippen LogP contribution is -2.36. The van der Waals surface area contributed by atoms with Gasteiger partial charge in [0.05, 0.1) is 13.2 Å². The molecule has 0 radical (unpaired) electrons. The van der Waals surface area contributed by atoms with E-state index in [1.807, 2.05) is 18.3 Å². The molecule has 1 aliphatic heterocycles. The minimum Gasteiger partial charge on any atom is -0.379 e. The lowest BCUT2D eigenvalue weighted by molar-refractivity contribution is 0.180. The summed E-state index contributed by atoms with van der Waals surface area (Å²) in [7, 11) is 0. The molecule has 0 amide bonds. The van der Waals surface area contributed by atoms with Gasteiger partial charge in [-0.05, 0) is 30.4 Å². The molecular weight excluding hydrogens is 236 g/mol. The molecule has 3 nitrogen and oxygen atoms in total. The van der Waals surface area contributed by atoms with Crippen LogP contribution in [0.3, 0.4) is 0 Å². The van der Waals surface area contributed by atoms with Crippen LogP contribution in [-0.4, -0.2) is 24.2 Å². The molecule has 1 N–H and O–H groups in total. The molecule has 2 unspecified atom stereocenters. The Hall–Kier alpha value is -0.640. The first-order valence-corrected chi connectivity index (χ1v) is 6.62. The standard InChI is InChI=1S/C13H17ClN2O/c14-13-4-1-9(6-16-13)5-15-12-8-17-7-11(12)10-2-3-10/h1,4,6,10-12,15H,2-3,5,7-8H2. The van der Waals surface area contributed by atoms with E-state index in [1.165, 1.54) is 18.4 Å². The SMILES string of the molecule is Clc1ccc(CNC2COCC2C2CC2)cn1. The van der Waals surface area contributed by atoms with E-state index in [0.717, 1.165) is 31.6 Å². The normalized spacial score (nSPS) is 28.5. The van der Waals surface area contributed by atoms with E-state index in [-0.39, 0.29) is 0 Å². The van der Waals surface area contributed by atoms with E-state index >= 15 is 0 Å². The van der Waals surface area contributed by atoms with Crippen LogP contribution in [0, 0.1) is 11.8 Å². The van der Waals surface area contributed by atoms with Crippen molar-refractivity contribution < 1.29 is 4.74 Å². The van der Waals surface area contributed by atoms with Gasteiger partial charge in [0.1, 0.15) is 5.15 Å². The van der Waals surface area contributed by atoms with Crippen LogP contribution in [0.15, 0.2) is 18.3 Å². The van der Waals surface area contributed by atoms with Gasteiger partial charge in [0.25, 0.3) is 0 Å². The molecular formula is C13H17ClN2O. The monoisotopic (exact) mass is 252 g/mol. The van der Waals surface area contributed by atoms with Crippen LogP contribution in [0.25, 0.3) is 0 Å². The van der Waals surface area contributed by atoms with Crippen LogP contribution in [0.2, 0.25) is 5.15 Å². The van der Waals surface area contributed by atoms with Crippen molar-refractivity contribution in [2.45, 2.75) is 25.4 Å². The van der Waals surface area contributed by atoms with E-state index in [2.05, 4.69) is 10.3 Å². The Morgan fingerprint density at radius 3 is 2.94 bits per heavy atom. The van der Waals surface area contributed by atoms with E-state index in [9.17, 15) is 0 Å². The number of pyridine rings is 1. The lowest BCUT2D eigenvalue weighted by atomic mass is 9.98. The van der Waals surface area contributed by atoms with Crippen molar-refractivity contribution in [2.24, 2.45) is 11.8 Å². The fraction of sp³-hybridized carbons (Fsp3) is 0.615. The molecule has 2 aliphatic rings. The Kier molecular flexibility index (Phi) is 3.32. The second kappa shape index (κ2) is 4.92. The Morgan fingerprint density at radius 1 is 1.35 bits per heavy atom. The number of nitrogens with one attached hydrogen (secondary N) is 1. The van der Waals surface area contributed by atoms with Gasteiger partial charge in [-0.3, -0.25) is 0 Å². The quantitative estimate of drug-likeness (QED) is 0.835. The zero-order valence-electron chi connectivity index (χ0n) is 9.73. The van der Waals surface area contributed by atoms with Gasteiger partial charge >= 0.3 is 0 Å². The molecule has 2 fully saturated rings. The lowest BCUT2D eigenvalue weighted by Gasteiger charge is -2.18. The highest BCUT2D eigenvalue weighted by Gasteiger charge is 2.39. The zero-order chi connectivity index (χ0) is 11.7. The van der Waals surface area contributed by atoms with Crippen molar-refractivity contribution in [3.05, 3.63) is 29.0 Å². The fourth-order valence-electron chi connectivity index (χ4n) is 2.53. The highest BCUT2D eigenvalue weighted by molar-refractivity contribution is 6.29. The second-order valence-electron chi connectivity index (χ2n) is 5.02. The van der Waals surface area contributed by atoms with Crippen LogP contribution in [0.4, 0.5) is 0 Å². The van der Waals surface area contributed by atoms with Gasteiger partial charge < -0.3 is 10.1 Å². The first-order chi connectivity index (χ1) is 8.33. The van der Waals surface area contributed by atoms with Crippen LogP contribution >= 0.6 is 11.6 Å². The van der Waals surface area contributed by atoms with Gasteiger partial charge in [-0.1, -0.05) is 17.7 Å². The minimum atomic E-state index is 0.512. The summed E-state index contributed by atoms with van der Waals surface area (Å²) in [6.45, 7) is 2.63. The summed E-state index contributed by atoms with van der Waals surface area (Å²) in [6.07, 6.45) is 4.60. The van der Waals surface area contributed by atoms with Gasteiger partial charge in [0, 0.05) is 24.7 Å². The summed E-state index contributed by atoms with van der Waals surface area (Å²) in [5.41, 5.74) is 1.18. The zero-order valence-corrected chi connectivity index (χ0v) is 10.5. The molecule has 1 saturated heterocycles. The highest BCUT2D eigenvalue weighted by atomic mass is 35.5. The van der Waals surface area contributed by atoms with Crippen LogP contribution < -0.4 is 5.32 Å².